The van der Waals surface area contributed by atoms with Gasteiger partial charge in [0.25, 0.3) is 5.91 Å². The highest BCUT2D eigenvalue weighted by molar-refractivity contribution is 5.98. The molecule has 0 bridgehead atoms. The van der Waals surface area contributed by atoms with Gasteiger partial charge in [-0.15, -0.1) is 0 Å². The second-order valence-electron chi connectivity index (χ2n) is 8.94. The van der Waals surface area contributed by atoms with E-state index in [2.05, 4.69) is 15.0 Å². The third-order valence-electron chi connectivity index (χ3n) is 6.36. The number of rotatable bonds is 6. The van der Waals surface area contributed by atoms with E-state index >= 15 is 0 Å². The Labute approximate surface area is 221 Å². The van der Waals surface area contributed by atoms with E-state index in [0.717, 1.165) is 29.0 Å². The molecule has 2 aromatic heterocycles. The number of carbonyl (C=O) groups excluding carboxylic acids is 1. The summed E-state index contributed by atoms with van der Waals surface area (Å²) >= 11 is 0. The SMILES string of the molecule is COc1ccc(CN2CCc3c(ccnc3-c3cc(/C=C/c4cc(F)cc(C(F)(F)F)c4)ncn3)C2=O)cc1. The van der Waals surface area contributed by atoms with E-state index < -0.39 is 17.6 Å². The molecule has 5 rings (SSSR count). The van der Waals surface area contributed by atoms with Crippen LogP contribution in [-0.4, -0.2) is 39.4 Å². The van der Waals surface area contributed by atoms with Crippen LogP contribution in [0.3, 0.4) is 0 Å². The summed E-state index contributed by atoms with van der Waals surface area (Å²) in [6, 6.07) is 13.2. The van der Waals surface area contributed by atoms with Gasteiger partial charge in [0.2, 0.25) is 0 Å². The van der Waals surface area contributed by atoms with Crippen molar-refractivity contribution >= 4 is 18.1 Å². The van der Waals surface area contributed by atoms with Gasteiger partial charge in [-0.3, -0.25) is 9.78 Å². The van der Waals surface area contributed by atoms with Gasteiger partial charge >= 0.3 is 6.18 Å². The van der Waals surface area contributed by atoms with Gasteiger partial charge in [0.15, 0.2) is 0 Å². The van der Waals surface area contributed by atoms with Crippen LogP contribution in [0.5, 0.6) is 5.75 Å². The summed E-state index contributed by atoms with van der Waals surface area (Å²) in [5, 5.41) is 0. The van der Waals surface area contributed by atoms with Gasteiger partial charge in [-0.05, 0) is 71.7 Å². The van der Waals surface area contributed by atoms with Crippen LogP contribution in [0.25, 0.3) is 23.5 Å². The lowest BCUT2D eigenvalue weighted by atomic mass is 9.96. The summed E-state index contributed by atoms with van der Waals surface area (Å²) < 4.78 is 58.0. The van der Waals surface area contributed by atoms with Crippen LogP contribution >= 0.6 is 0 Å². The molecule has 3 heterocycles. The summed E-state index contributed by atoms with van der Waals surface area (Å²) in [5.74, 6) is -0.360. The number of amides is 1. The summed E-state index contributed by atoms with van der Waals surface area (Å²) in [6.45, 7) is 0.952. The van der Waals surface area contributed by atoms with Gasteiger partial charge in [-0.1, -0.05) is 18.2 Å². The molecular weight excluding hydrogens is 512 g/mol. The fourth-order valence-corrected chi connectivity index (χ4v) is 4.43. The molecule has 0 N–H and O–H groups in total. The largest absolute Gasteiger partial charge is 0.497 e. The van der Waals surface area contributed by atoms with Crippen LogP contribution in [0.1, 0.15) is 38.3 Å². The molecule has 0 atom stereocenters. The number of ether oxygens (including phenoxy) is 1. The van der Waals surface area contributed by atoms with Gasteiger partial charge in [0.1, 0.15) is 17.9 Å². The van der Waals surface area contributed by atoms with Gasteiger partial charge < -0.3 is 9.64 Å². The summed E-state index contributed by atoms with van der Waals surface area (Å²) in [4.78, 5) is 28.0. The first-order valence-corrected chi connectivity index (χ1v) is 12.0. The van der Waals surface area contributed by atoms with E-state index in [1.807, 2.05) is 24.3 Å². The Kier molecular flexibility index (Phi) is 7.10. The monoisotopic (exact) mass is 534 g/mol. The second kappa shape index (κ2) is 10.6. The molecule has 0 fully saturated rings. The van der Waals surface area contributed by atoms with E-state index in [-0.39, 0.29) is 11.5 Å². The molecule has 0 saturated carbocycles. The van der Waals surface area contributed by atoms with Crippen LogP contribution in [0, 0.1) is 5.82 Å². The Hall–Kier alpha value is -4.60. The maximum atomic E-state index is 13.7. The van der Waals surface area contributed by atoms with E-state index in [1.165, 1.54) is 18.5 Å². The molecule has 1 aliphatic heterocycles. The van der Waals surface area contributed by atoms with E-state index in [0.29, 0.717) is 48.2 Å². The maximum absolute atomic E-state index is 13.7. The Morgan fingerprint density at radius 2 is 1.79 bits per heavy atom. The third kappa shape index (κ3) is 5.79. The fourth-order valence-electron chi connectivity index (χ4n) is 4.43. The van der Waals surface area contributed by atoms with Crippen molar-refractivity contribution in [1.82, 2.24) is 19.9 Å². The van der Waals surface area contributed by atoms with Crippen molar-refractivity contribution in [2.75, 3.05) is 13.7 Å². The Balaban J connectivity index is 1.38. The van der Waals surface area contributed by atoms with Crippen molar-refractivity contribution in [2.24, 2.45) is 0 Å². The lowest BCUT2D eigenvalue weighted by Gasteiger charge is -2.29. The number of nitrogens with zero attached hydrogens (tertiary/aromatic N) is 4. The molecule has 6 nitrogen and oxygen atoms in total. The zero-order chi connectivity index (χ0) is 27.6. The molecular formula is C29H22F4N4O2. The topological polar surface area (TPSA) is 68.2 Å². The molecule has 2 aromatic carbocycles. The molecule has 0 aliphatic carbocycles. The minimum Gasteiger partial charge on any atom is -0.497 e. The molecule has 10 heteroatoms. The fraction of sp³-hybridized carbons (Fsp3) is 0.172. The predicted molar refractivity (Wildman–Crippen MR) is 137 cm³/mol. The van der Waals surface area contributed by atoms with Gasteiger partial charge in [-0.25, -0.2) is 14.4 Å². The van der Waals surface area contributed by atoms with E-state index in [1.54, 1.807) is 30.3 Å². The highest BCUT2D eigenvalue weighted by Gasteiger charge is 2.31. The quantitative estimate of drug-likeness (QED) is 0.281. The number of alkyl halides is 3. The third-order valence-corrected chi connectivity index (χ3v) is 6.36. The molecule has 0 radical (unpaired) electrons. The minimum absolute atomic E-state index is 0.0419. The average molecular weight is 535 g/mol. The first-order valence-electron chi connectivity index (χ1n) is 12.0. The Bertz CT molecular complexity index is 1550. The van der Waals surface area contributed by atoms with Gasteiger partial charge in [0.05, 0.1) is 29.8 Å². The lowest BCUT2D eigenvalue weighted by molar-refractivity contribution is -0.137. The number of fused-ring (bicyclic) bond motifs is 1. The number of carbonyl (C=O) groups is 1. The molecule has 4 aromatic rings. The predicted octanol–water partition coefficient (Wildman–Crippen LogP) is 6.07. The van der Waals surface area contributed by atoms with Crippen molar-refractivity contribution < 1.29 is 27.1 Å². The zero-order valence-corrected chi connectivity index (χ0v) is 20.7. The highest BCUT2D eigenvalue weighted by atomic mass is 19.4. The number of hydrogen-bond acceptors (Lipinski definition) is 5. The number of halogens is 4. The standard InChI is InChI=1S/C29H22F4N4O2/c1-39-23-6-3-18(4-7-23)16-37-11-9-24-25(28(37)38)8-10-34-27(24)26-15-22(35-17-36-26)5-2-19-12-20(29(31,32)33)14-21(30)13-19/h2-8,10,12-15,17H,9,11,16H2,1H3/b5-2+. The molecule has 39 heavy (non-hydrogen) atoms. The van der Waals surface area contributed by atoms with Crippen molar-refractivity contribution in [3.63, 3.8) is 0 Å². The smallest absolute Gasteiger partial charge is 0.416 e. The number of hydrogen-bond donors (Lipinski definition) is 0. The first kappa shape index (κ1) is 26.0. The Morgan fingerprint density at radius 3 is 2.54 bits per heavy atom. The van der Waals surface area contributed by atoms with Crippen molar-refractivity contribution in [1.29, 1.82) is 0 Å². The number of methoxy groups -OCH3 is 1. The van der Waals surface area contributed by atoms with Crippen LogP contribution in [0.4, 0.5) is 17.6 Å². The zero-order valence-electron chi connectivity index (χ0n) is 20.7. The van der Waals surface area contributed by atoms with Crippen LogP contribution in [0.2, 0.25) is 0 Å². The van der Waals surface area contributed by atoms with Crippen molar-refractivity contribution in [3.8, 4) is 17.1 Å². The summed E-state index contributed by atoms with van der Waals surface area (Å²) in [7, 11) is 1.60. The van der Waals surface area contributed by atoms with E-state index in [9.17, 15) is 22.4 Å². The molecule has 1 aliphatic rings. The Morgan fingerprint density at radius 1 is 1.00 bits per heavy atom. The van der Waals surface area contributed by atoms with Gasteiger partial charge in [0, 0.05) is 24.8 Å². The maximum Gasteiger partial charge on any atom is 0.416 e. The molecule has 0 spiro atoms. The molecule has 1 amide bonds. The van der Waals surface area contributed by atoms with Crippen LogP contribution < -0.4 is 4.74 Å². The summed E-state index contributed by atoms with van der Waals surface area (Å²) in [5.41, 5.74) is 2.64. The lowest BCUT2D eigenvalue weighted by Crippen LogP contribution is -2.37. The van der Waals surface area contributed by atoms with Crippen molar-refractivity contribution in [2.45, 2.75) is 19.1 Å². The van der Waals surface area contributed by atoms with Gasteiger partial charge in [-0.2, -0.15) is 13.2 Å². The molecule has 198 valence electrons. The molecule has 0 unspecified atom stereocenters. The molecule has 0 saturated heterocycles. The normalized spacial score (nSPS) is 13.6. The number of pyridine rings is 1. The minimum atomic E-state index is -4.66. The van der Waals surface area contributed by atoms with Crippen molar-refractivity contribution in [3.05, 3.63) is 106 Å². The van der Waals surface area contributed by atoms with E-state index in [4.69, 9.17) is 4.74 Å². The summed E-state index contributed by atoms with van der Waals surface area (Å²) in [6.07, 6.45) is 1.58. The second-order valence-corrected chi connectivity index (χ2v) is 8.94. The first-order chi connectivity index (χ1) is 18.7. The highest BCUT2D eigenvalue weighted by Crippen LogP contribution is 2.31. The number of benzene rings is 2. The average Bonchev–Trinajstić information content (AvgIpc) is 2.93. The van der Waals surface area contributed by atoms with Crippen LogP contribution in [-0.2, 0) is 19.1 Å². The van der Waals surface area contributed by atoms with Crippen LogP contribution in [0.15, 0.2) is 67.1 Å². The number of aromatic nitrogens is 3.